The molecule has 0 saturated heterocycles. The third kappa shape index (κ3) is 2.99. The summed E-state index contributed by atoms with van der Waals surface area (Å²) in [6.07, 6.45) is -0.210. The number of carbonyl (C=O) groups excluding carboxylic acids is 1. The number of aromatic nitrogens is 2. The topological polar surface area (TPSA) is 115 Å². The number of primary amides is 1. The zero-order valence-corrected chi connectivity index (χ0v) is 15.1. The molecule has 3 aromatic rings. The average Bonchev–Trinajstić information content (AvgIpc) is 2.91. The molecule has 134 valence electrons. The van der Waals surface area contributed by atoms with Gasteiger partial charge in [0.15, 0.2) is 0 Å². The molecule has 0 aliphatic rings. The van der Waals surface area contributed by atoms with Crippen LogP contribution in [0.3, 0.4) is 0 Å². The van der Waals surface area contributed by atoms with Crippen LogP contribution in [-0.4, -0.2) is 26.5 Å². The van der Waals surface area contributed by atoms with Crippen LogP contribution < -0.4 is 11.3 Å². The Hall–Kier alpha value is -3.00. The van der Waals surface area contributed by atoms with Crippen molar-refractivity contribution in [1.29, 1.82) is 0 Å². The number of hydrogen-bond donors (Lipinski definition) is 2. The molecule has 0 unspecified atom stereocenters. The van der Waals surface area contributed by atoms with Crippen LogP contribution in [-0.2, 0) is 11.3 Å². The normalized spacial score (nSPS) is 11.0. The minimum atomic E-state index is -1.01. The van der Waals surface area contributed by atoms with Gasteiger partial charge in [0.05, 0.1) is 16.7 Å². The van der Waals surface area contributed by atoms with Crippen LogP contribution in [0.5, 0.6) is 0 Å². The van der Waals surface area contributed by atoms with E-state index >= 15 is 0 Å². The number of carbonyl (C=O) groups is 2. The van der Waals surface area contributed by atoms with E-state index in [9.17, 15) is 14.4 Å². The van der Waals surface area contributed by atoms with Crippen molar-refractivity contribution in [1.82, 2.24) is 9.55 Å². The van der Waals surface area contributed by atoms with Crippen molar-refractivity contribution in [3.8, 4) is 11.4 Å². The van der Waals surface area contributed by atoms with Crippen molar-refractivity contribution < 1.29 is 14.7 Å². The molecule has 0 saturated carbocycles. The molecule has 0 aliphatic carbocycles. The Morgan fingerprint density at radius 3 is 2.58 bits per heavy atom. The Morgan fingerprint density at radius 1 is 1.27 bits per heavy atom. The van der Waals surface area contributed by atoms with E-state index in [1.54, 1.807) is 6.92 Å². The molecule has 0 bridgehead atoms. The van der Waals surface area contributed by atoms with Crippen LogP contribution >= 0.6 is 11.3 Å². The lowest BCUT2D eigenvalue weighted by Crippen LogP contribution is -2.25. The first-order valence-corrected chi connectivity index (χ1v) is 8.74. The third-order valence-electron chi connectivity index (χ3n) is 4.21. The highest BCUT2D eigenvalue weighted by atomic mass is 32.1. The van der Waals surface area contributed by atoms with Crippen LogP contribution in [0.2, 0.25) is 0 Å². The lowest BCUT2D eigenvalue weighted by Gasteiger charge is -2.13. The van der Waals surface area contributed by atoms with Gasteiger partial charge in [0.1, 0.15) is 10.7 Å². The van der Waals surface area contributed by atoms with Gasteiger partial charge in [-0.2, -0.15) is 0 Å². The molecular weight excluding hydrogens is 354 g/mol. The Balaban J connectivity index is 2.36. The fraction of sp³-hybridized carbons (Fsp3) is 0.222. The molecule has 0 spiro atoms. The number of rotatable bonds is 5. The summed E-state index contributed by atoms with van der Waals surface area (Å²) in [6, 6.07) is 7.42. The monoisotopic (exact) mass is 371 g/mol. The molecule has 8 heteroatoms. The average molecular weight is 371 g/mol. The molecule has 7 nitrogen and oxygen atoms in total. The standard InChI is InChI=1S/C18H17N3O4S/c1-9-5-3-4-6-11(9)16-20-17-13(10(2)14(26-17)15(19)24)18(25)21(16)8-7-12(22)23/h3-6H,7-8H2,1-2H3,(H2,19,24)(H,22,23). The van der Waals surface area contributed by atoms with Gasteiger partial charge in [-0.3, -0.25) is 19.0 Å². The van der Waals surface area contributed by atoms with Crippen molar-refractivity contribution >= 4 is 33.4 Å². The van der Waals surface area contributed by atoms with E-state index in [1.807, 2.05) is 31.2 Å². The van der Waals surface area contributed by atoms with Gasteiger partial charge in [-0.25, -0.2) is 4.98 Å². The molecule has 1 aromatic carbocycles. The first kappa shape index (κ1) is 17.8. The van der Waals surface area contributed by atoms with Gasteiger partial charge in [0.25, 0.3) is 11.5 Å². The van der Waals surface area contributed by atoms with E-state index in [-0.39, 0.29) is 23.4 Å². The van der Waals surface area contributed by atoms with Gasteiger partial charge in [-0.15, -0.1) is 11.3 Å². The Morgan fingerprint density at radius 2 is 1.96 bits per heavy atom. The zero-order valence-electron chi connectivity index (χ0n) is 14.3. The molecule has 2 aromatic heterocycles. The first-order valence-electron chi connectivity index (χ1n) is 7.92. The van der Waals surface area contributed by atoms with Crippen LogP contribution in [0, 0.1) is 13.8 Å². The van der Waals surface area contributed by atoms with Gasteiger partial charge in [-0.05, 0) is 25.0 Å². The third-order valence-corrected chi connectivity index (χ3v) is 5.41. The number of carboxylic acid groups (broad SMARTS) is 1. The molecule has 26 heavy (non-hydrogen) atoms. The molecule has 2 heterocycles. The second-order valence-corrected chi connectivity index (χ2v) is 6.95. The number of nitrogens with two attached hydrogens (primary N) is 1. The maximum atomic E-state index is 13.1. The summed E-state index contributed by atoms with van der Waals surface area (Å²) in [6.45, 7) is 3.53. The Labute approximate surface area is 152 Å². The van der Waals surface area contributed by atoms with E-state index in [0.717, 1.165) is 22.5 Å². The molecule has 3 N–H and O–H groups in total. The highest BCUT2D eigenvalue weighted by Gasteiger charge is 2.21. The second-order valence-electron chi connectivity index (χ2n) is 5.95. The minimum Gasteiger partial charge on any atom is -0.481 e. The van der Waals surface area contributed by atoms with Gasteiger partial charge < -0.3 is 10.8 Å². The Kier molecular flexibility index (Phi) is 4.60. The van der Waals surface area contributed by atoms with E-state index in [1.165, 1.54) is 4.57 Å². The fourth-order valence-corrected chi connectivity index (χ4v) is 3.92. The fourth-order valence-electron chi connectivity index (χ4n) is 2.90. The number of fused-ring (bicyclic) bond motifs is 1. The summed E-state index contributed by atoms with van der Waals surface area (Å²) < 4.78 is 1.36. The highest BCUT2D eigenvalue weighted by Crippen LogP contribution is 2.30. The lowest BCUT2D eigenvalue weighted by atomic mass is 10.1. The summed E-state index contributed by atoms with van der Waals surface area (Å²) in [4.78, 5) is 41.0. The van der Waals surface area contributed by atoms with E-state index in [0.29, 0.717) is 21.6 Å². The number of aryl methyl sites for hydroxylation is 2. The lowest BCUT2D eigenvalue weighted by molar-refractivity contribution is -0.137. The highest BCUT2D eigenvalue weighted by molar-refractivity contribution is 7.20. The van der Waals surface area contributed by atoms with Gasteiger partial charge in [0, 0.05) is 12.1 Å². The van der Waals surface area contributed by atoms with Crippen molar-refractivity contribution in [3.05, 3.63) is 50.6 Å². The van der Waals surface area contributed by atoms with Crippen molar-refractivity contribution in [2.24, 2.45) is 5.73 Å². The molecule has 0 atom stereocenters. The van der Waals surface area contributed by atoms with Gasteiger partial charge in [0.2, 0.25) is 0 Å². The summed E-state index contributed by atoms with van der Waals surface area (Å²) in [5, 5.41) is 9.34. The van der Waals surface area contributed by atoms with Gasteiger partial charge in [-0.1, -0.05) is 24.3 Å². The van der Waals surface area contributed by atoms with Gasteiger partial charge >= 0.3 is 5.97 Å². The number of carboxylic acids is 1. The smallest absolute Gasteiger partial charge is 0.305 e. The van der Waals surface area contributed by atoms with E-state index < -0.39 is 11.9 Å². The van der Waals surface area contributed by atoms with Crippen molar-refractivity contribution in [3.63, 3.8) is 0 Å². The summed E-state index contributed by atoms with van der Waals surface area (Å²) in [5.74, 6) is -1.23. The molecule has 0 aliphatic heterocycles. The molecule has 3 rings (SSSR count). The summed E-state index contributed by atoms with van der Waals surface area (Å²) >= 11 is 1.08. The molecule has 0 fully saturated rings. The SMILES string of the molecule is Cc1ccccc1-c1nc2sc(C(N)=O)c(C)c2c(=O)n1CCC(=O)O. The summed E-state index contributed by atoms with van der Waals surface area (Å²) in [5.41, 5.74) is 7.16. The van der Waals surface area contributed by atoms with E-state index in [2.05, 4.69) is 4.98 Å². The predicted molar refractivity (Wildman–Crippen MR) is 99.6 cm³/mol. The van der Waals surface area contributed by atoms with Crippen molar-refractivity contribution in [2.45, 2.75) is 26.8 Å². The second kappa shape index (κ2) is 6.72. The van der Waals surface area contributed by atoms with Crippen LogP contribution in [0.4, 0.5) is 0 Å². The van der Waals surface area contributed by atoms with Crippen LogP contribution in [0.1, 0.15) is 27.2 Å². The first-order chi connectivity index (χ1) is 12.3. The number of aliphatic carboxylic acids is 1. The summed E-state index contributed by atoms with van der Waals surface area (Å²) in [7, 11) is 0. The largest absolute Gasteiger partial charge is 0.481 e. The molecule has 1 amide bonds. The quantitative estimate of drug-likeness (QED) is 0.714. The number of thiophene rings is 1. The number of nitrogens with zero attached hydrogens (tertiary/aromatic N) is 2. The number of benzene rings is 1. The zero-order chi connectivity index (χ0) is 19.0. The molecule has 0 radical (unpaired) electrons. The predicted octanol–water partition coefficient (Wildman–Crippen LogP) is 2.32. The van der Waals surface area contributed by atoms with Crippen LogP contribution in [0.25, 0.3) is 21.6 Å². The maximum absolute atomic E-state index is 13.1. The number of hydrogen-bond acceptors (Lipinski definition) is 5. The molecular formula is C18H17N3O4S. The van der Waals surface area contributed by atoms with Crippen LogP contribution in [0.15, 0.2) is 29.1 Å². The maximum Gasteiger partial charge on any atom is 0.305 e. The Bertz CT molecular complexity index is 1100. The van der Waals surface area contributed by atoms with Crippen molar-refractivity contribution in [2.75, 3.05) is 0 Å². The van der Waals surface area contributed by atoms with E-state index in [4.69, 9.17) is 10.8 Å². The number of amides is 1. The minimum absolute atomic E-state index is 0.0119.